The zero-order valence-corrected chi connectivity index (χ0v) is 17.5. The van der Waals surface area contributed by atoms with E-state index in [1.165, 1.54) is 0 Å². The largest absolute Gasteiger partial charge is 0.480 e. The molecule has 0 spiro atoms. The number of hydrogen-bond donors (Lipinski definition) is 6. The molecular formula is C22H31N5O4. The molecule has 1 fully saturated rings. The van der Waals surface area contributed by atoms with Crippen molar-refractivity contribution in [3.8, 4) is 0 Å². The summed E-state index contributed by atoms with van der Waals surface area (Å²) in [5.74, 6) is -1.84. The highest BCUT2D eigenvalue weighted by atomic mass is 16.4. The van der Waals surface area contributed by atoms with Gasteiger partial charge in [0, 0.05) is 23.5 Å². The van der Waals surface area contributed by atoms with Crippen LogP contribution in [0.2, 0.25) is 0 Å². The Morgan fingerprint density at radius 2 is 1.97 bits per heavy atom. The average Bonchev–Trinajstić information content (AvgIpc) is 3.43. The summed E-state index contributed by atoms with van der Waals surface area (Å²) in [6, 6.07) is 5.47. The Bertz CT molecular complexity index is 906. The summed E-state index contributed by atoms with van der Waals surface area (Å²) in [5, 5.41) is 19.0. The van der Waals surface area contributed by atoms with Gasteiger partial charge in [-0.25, -0.2) is 4.79 Å². The molecule has 0 aliphatic carbocycles. The number of carbonyl (C=O) groups excluding carboxylic acids is 2. The van der Waals surface area contributed by atoms with Crippen LogP contribution >= 0.6 is 0 Å². The number of rotatable bonds is 11. The lowest BCUT2D eigenvalue weighted by Gasteiger charge is -2.23. The van der Waals surface area contributed by atoms with Gasteiger partial charge in [-0.1, -0.05) is 18.2 Å². The van der Waals surface area contributed by atoms with Crippen LogP contribution in [0.25, 0.3) is 10.9 Å². The monoisotopic (exact) mass is 429 g/mol. The molecule has 0 saturated carbocycles. The summed E-state index contributed by atoms with van der Waals surface area (Å²) in [7, 11) is 0. The van der Waals surface area contributed by atoms with Crippen molar-refractivity contribution in [2.75, 3.05) is 13.1 Å². The van der Waals surface area contributed by atoms with Crippen molar-refractivity contribution in [2.45, 2.75) is 56.7 Å². The number of nitrogens with two attached hydrogens (primary N) is 1. The lowest BCUT2D eigenvalue weighted by atomic mass is 10.0. The van der Waals surface area contributed by atoms with Crippen LogP contribution in [0.15, 0.2) is 30.5 Å². The van der Waals surface area contributed by atoms with Gasteiger partial charge in [-0.15, -0.1) is 0 Å². The lowest BCUT2D eigenvalue weighted by Crippen LogP contribution is -2.55. The molecule has 31 heavy (non-hydrogen) atoms. The van der Waals surface area contributed by atoms with Crippen molar-refractivity contribution < 1.29 is 19.5 Å². The van der Waals surface area contributed by atoms with E-state index in [0.29, 0.717) is 25.8 Å². The topological polar surface area (TPSA) is 149 Å². The number of aromatic nitrogens is 1. The van der Waals surface area contributed by atoms with E-state index in [0.717, 1.165) is 29.4 Å². The maximum Gasteiger partial charge on any atom is 0.326 e. The average molecular weight is 430 g/mol. The van der Waals surface area contributed by atoms with Crippen LogP contribution in [0, 0.1) is 0 Å². The number of aliphatic carboxylic acids is 1. The Hall–Kier alpha value is -2.91. The Balaban J connectivity index is 1.75. The standard InChI is InChI=1S/C22H31N5O4/c23-10-4-3-8-18(22(30)31)26-21(29)19(27-20(28)17-9-5-11-24-17)12-14-13-25-16-7-2-1-6-15(14)16/h1-2,6-7,13,17-19,24-25H,3-5,8-12,23H2,(H,26,29)(H,27,28)(H,30,31). The Kier molecular flexibility index (Phi) is 8.02. The van der Waals surface area contributed by atoms with Gasteiger partial charge in [0.1, 0.15) is 12.1 Å². The molecule has 1 aliphatic rings. The second kappa shape index (κ2) is 10.9. The number of carboxylic acids is 1. The maximum atomic E-state index is 13.1. The quantitative estimate of drug-likeness (QED) is 0.289. The molecule has 9 heteroatoms. The summed E-state index contributed by atoms with van der Waals surface area (Å²) in [6.07, 6.45) is 5.26. The van der Waals surface area contributed by atoms with E-state index >= 15 is 0 Å². The van der Waals surface area contributed by atoms with E-state index in [4.69, 9.17) is 5.73 Å². The minimum Gasteiger partial charge on any atom is -0.480 e. The molecule has 1 aliphatic heterocycles. The molecule has 2 amide bonds. The second-order valence-electron chi connectivity index (χ2n) is 7.96. The molecule has 1 aromatic carbocycles. The van der Waals surface area contributed by atoms with E-state index in [9.17, 15) is 19.5 Å². The molecule has 3 rings (SSSR count). The van der Waals surface area contributed by atoms with E-state index < -0.39 is 24.0 Å². The number of unbranched alkanes of at least 4 members (excludes halogenated alkanes) is 1. The van der Waals surface area contributed by atoms with E-state index in [1.807, 2.05) is 30.5 Å². The van der Waals surface area contributed by atoms with E-state index in [-0.39, 0.29) is 24.8 Å². The summed E-state index contributed by atoms with van der Waals surface area (Å²) < 4.78 is 0. The zero-order valence-electron chi connectivity index (χ0n) is 17.5. The number of benzene rings is 1. The molecule has 7 N–H and O–H groups in total. The third-order valence-corrected chi connectivity index (χ3v) is 5.67. The van der Waals surface area contributed by atoms with Crippen LogP contribution in [0.4, 0.5) is 0 Å². The number of nitrogens with one attached hydrogen (secondary N) is 4. The summed E-state index contributed by atoms with van der Waals surface area (Å²) in [4.78, 5) is 40.5. The Morgan fingerprint density at radius 1 is 1.16 bits per heavy atom. The lowest BCUT2D eigenvalue weighted by molar-refractivity contribution is -0.142. The Morgan fingerprint density at radius 3 is 2.68 bits per heavy atom. The van der Waals surface area contributed by atoms with Crippen molar-refractivity contribution in [2.24, 2.45) is 5.73 Å². The van der Waals surface area contributed by atoms with Crippen LogP contribution in [-0.2, 0) is 20.8 Å². The number of carboxylic acid groups (broad SMARTS) is 1. The van der Waals surface area contributed by atoms with Gasteiger partial charge >= 0.3 is 5.97 Å². The maximum absolute atomic E-state index is 13.1. The van der Waals surface area contributed by atoms with Crippen molar-refractivity contribution in [3.63, 3.8) is 0 Å². The van der Waals surface area contributed by atoms with Crippen LogP contribution in [0.5, 0.6) is 0 Å². The van der Waals surface area contributed by atoms with Crippen LogP contribution < -0.4 is 21.7 Å². The van der Waals surface area contributed by atoms with Gasteiger partial charge in [-0.3, -0.25) is 9.59 Å². The van der Waals surface area contributed by atoms with Crippen molar-refractivity contribution >= 4 is 28.7 Å². The zero-order chi connectivity index (χ0) is 22.2. The van der Waals surface area contributed by atoms with Crippen LogP contribution in [0.3, 0.4) is 0 Å². The SMILES string of the molecule is NCCCCC(NC(=O)C(Cc1c[nH]c2ccccc12)NC(=O)C1CCCN1)C(=O)O. The van der Waals surface area contributed by atoms with Gasteiger partial charge in [0.15, 0.2) is 0 Å². The fourth-order valence-electron chi connectivity index (χ4n) is 3.93. The number of hydrogen-bond acceptors (Lipinski definition) is 5. The van der Waals surface area contributed by atoms with Crippen LogP contribution in [0.1, 0.15) is 37.7 Å². The number of H-pyrrole nitrogens is 1. The summed E-state index contributed by atoms with van der Waals surface area (Å²) in [6.45, 7) is 1.23. The van der Waals surface area contributed by atoms with Gasteiger partial charge in [0.25, 0.3) is 0 Å². The highest BCUT2D eigenvalue weighted by molar-refractivity contribution is 5.93. The summed E-state index contributed by atoms with van der Waals surface area (Å²) in [5.41, 5.74) is 7.30. The highest BCUT2D eigenvalue weighted by Crippen LogP contribution is 2.19. The first-order valence-electron chi connectivity index (χ1n) is 10.8. The minimum atomic E-state index is -1.10. The fraction of sp³-hybridized carbons (Fsp3) is 0.500. The third kappa shape index (κ3) is 6.05. The number of carbonyl (C=O) groups is 3. The molecule has 0 radical (unpaired) electrons. The predicted molar refractivity (Wildman–Crippen MR) is 117 cm³/mol. The number of amides is 2. The molecule has 9 nitrogen and oxygen atoms in total. The third-order valence-electron chi connectivity index (χ3n) is 5.67. The Labute approximate surface area is 181 Å². The summed E-state index contributed by atoms with van der Waals surface area (Å²) >= 11 is 0. The molecule has 3 atom stereocenters. The molecule has 168 valence electrons. The van der Waals surface area contributed by atoms with Crippen molar-refractivity contribution in [1.82, 2.24) is 20.9 Å². The number of fused-ring (bicyclic) bond motifs is 1. The number of aromatic amines is 1. The van der Waals surface area contributed by atoms with E-state index in [2.05, 4.69) is 20.9 Å². The molecule has 0 bridgehead atoms. The van der Waals surface area contributed by atoms with Crippen molar-refractivity contribution in [3.05, 3.63) is 36.0 Å². The molecule has 2 heterocycles. The molecule has 3 unspecified atom stereocenters. The van der Waals surface area contributed by atoms with Gasteiger partial charge in [-0.2, -0.15) is 0 Å². The minimum absolute atomic E-state index is 0.243. The van der Waals surface area contributed by atoms with Gasteiger partial charge in [0.2, 0.25) is 11.8 Å². The van der Waals surface area contributed by atoms with Gasteiger partial charge in [-0.05, 0) is 56.8 Å². The highest BCUT2D eigenvalue weighted by Gasteiger charge is 2.30. The number of para-hydroxylation sites is 1. The normalized spacial score (nSPS) is 17.9. The first kappa shape index (κ1) is 22.8. The van der Waals surface area contributed by atoms with Gasteiger partial charge in [0.05, 0.1) is 6.04 Å². The molecule has 1 saturated heterocycles. The first-order valence-corrected chi connectivity index (χ1v) is 10.8. The molecule has 1 aromatic heterocycles. The fourth-order valence-corrected chi connectivity index (χ4v) is 3.93. The molecule has 2 aromatic rings. The van der Waals surface area contributed by atoms with E-state index in [1.54, 1.807) is 0 Å². The van der Waals surface area contributed by atoms with Gasteiger partial charge < -0.3 is 31.8 Å². The smallest absolute Gasteiger partial charge is 0.326 e. The first-order chi connectivity index (χ1) is 15.0. The van der Waals surface area contributed by atoms with Crippen LogP contribution in [-0.4, -0.2) is 59.1 Å². The van der Waals surface area contributed by atoms with Crippen molar-refractivity contribution in [1.29, 1.82) is 0 Å². The second-order valence-corrected chi connectivity index (χ2v) is 7.96. The molecular weight excluding hydrogens is 398 g/mol. The predicted octanol–water partition coefficient (Wildman–Crippen LogP) is 0.646.